The van der Waals surface area contributed by atoms with E-state index in [9.17, 15) is 4.39 Å². The number of rotatable bonds is 3. The molecule has 0 unspecified atom stereocenters. The van der Waals surface area contributed by atoms with E-state index in [2.05, 4.69) is 20.5 Å². The second kappa shape index (κ2) is 4.64. The first-order valence-electron chi connectivity index (χ1n) is 5.87. The van der Waals surface area contributed by atoms with Crippen LogP contribution < -0.4 is 5.32 Å². The lowest BCUT2D eigenvalue weighted by Gasteiger charge is -2.05. The van der Waals surface area contributed by atoms with Crippen molar-refractivity contribution in [2.45, 2.75) is 6.54 Å². The largest absolute Gasteiger partial charge is 0.370 e. The van der Waals surface area contributed by atoms with Crippen LogP contribution in [-0.4, -0.2) is 26.8 Å². The summed E-state index contributed by atoms with van der Waals surface area (Å²) < 4.78 is 15.5. The van der Waals surface area contributed by atoms with Crippen LogP contribution in [0.5, 0.6) is 0 Å². The first-order valence-corrected chi connectivity index (χ1v) is 5.87. The molecule has 0 aliphatic rings. The molecule has 0 saturated heterocycles. The van der Waals surface area contributed by atoms with E-state index in [1.165, 1.54) is 6.07 Å². The first-order chi connectivity index (χ1) is 9.29. The number of benzene rings is 1. The fourth-order valence-electron chi connectivity index (χ4n) is 2.00. The van der Waals surface area contributed by atoms with Gasteiger partial charge >= 0.3 is 0 Å². The summed E-state index contributed by atoms with van der Waals surface area (Å²) >= 11 is 0. The second-order valence-electron chi connectivity index (χ2n) is 4.14. The van der Waals surface area contributed by atoms with E-state index in [0.717, 1.165) is 11.0 Å². The smallest absolute Gasteiger partial charge is 0.176 e. The maximum atomic E-state index is 13.7. The molecule has 19 heavy (non-hydrogen) atoms. The van der Waals surface area contributed by atoms with Crippen LogP contribution in [0.15, 0.2) is 36.8 Å². The second-order valence-corrected chi connectivity index (χ2v) is 4.14. The Kier molecular flexibility index (Phi) is 2.83. The Labute approximate surface area is 109 Å². The van der Waals surface area contributed by atoms with Crippen molar-refractivity contribution >= 4 is 16.9 Å². The van der Waals surface area contributed by atoms with Gasteiger partial charge in [0.1, 0.15) is 11.3 Å². The van der Waals surface area contributed by atoms with Gasteiger partial charge in [-0.05, 0) is 6.07 Å². The van der Waals surface area contributed by atoms with Crippen molar-refractivity contribution in [3.8, 4) is 0 Å². The van der Waals surface area contributed by atoms with Gasteiger partial charge in [-0.15, -0.1) is 5.10 Å². The molecule has 1 aromatic carbocycles. The summed E-state index contributed by atoms with van der Waals surface area (Å²) in [5.74, 6) is 0.394. The Balaban J connectivity index is 2.05. The van der Waals surface area contributed by atoms with Crippen LogP contribution in [-0.2, 0) is 6.54 Å². The van der Waals surface area contributed by atoms with E-state index < -0.39 is 0 Å². The SMILES string of the molecule is CNc1nncc2c1ncn2Cc1ccccc1F. The molecule has 0 aliphatic carbocycles. The van der Waals surface area contributed by atoms with Crippen LogP contribution in [0.3, 0.4) is 0 Å². The summed E-state index contributed by atoms with van der Waals surface area (Å²) in [7, 11) is 1.76. The Morgan fingerprint density at radius 2 is 2.16 bits per heavy atom. The highest BCUT2D eigenvalue weighted by Crippen LogP contribution is 2.19. The topological polar surface area (TPSA) is 55.6 Å². The van der Waals surface area contributed by atoms with Gasteiger partial charge in [0, 0.05) is 12.6 Å². The van der Waals surface area contributed by atoms with Gasteiger partial charge in [-0.25, -0.2) is 9.37 Å². The third-order valence-electron chi connectivity index (χ3n) is 2.98. The quantitative estimate of drug-likeness (QED) is 0.780. The number of nitrogens with zero attached hydrogens (tertiary/aromatic N) is 4. The molecule has 6 heteroatoms. The van der Waals surface area contributed by atoms with Crippen molar-refractivity contribution in [2.75, 3.05) is 12.4 Å². The van der Waals surface area contributed by atoms with Crippen molar-refractivity contribution in [1.82, 2.24) is 19.7 Å². The summed E-state index contributed by atoms with van der Waals surface area (Å²) in [4.78, 5) is 4.29. The number of aromatic nitrogens is 4. The molecule has 0 amide bonds. The molecule has 5 nitrogen and oxygen atoms in total. The van der Waals surface area contributed by atoms with Crippen molar-refractivity contribution in [1.29, 1.82) is 0 Å². The predicted octanol–water partition coefficient (Wildman–Crippen LogP) is 2.06. The lowest BCUT2D eigenvalue weighted by molar-refractivity contribution is 0.601. The predicted molar refractivity (Wildman–Crippen MR) is 70.4 cm³/mol. The number of halogens is 1. The minimum Gasteiger partial charge on any atom is -0.370 e. The van der Waals surface area contributed by atoms with Crippen LogP contribution in [0.4, 0.5) is 10.2 Å². The first kappa shape index (κ1) is 11.6. The zero-order valence-corrected chi connectivity index (χ0v) is 10.3. The van der Waals surface area contributed by atoms with E-state index in [1.807, 2.05) is 10.6 Å². The van der Waals surface area contributed by atoms with Crippen LogP contribution in [0.1, 0.15) is 5.56 Å². The van der Waals surface area contributed by atoms with E-state index >= 15 is 0 Å². The minimum atomic E-state index is -0.222. The Morgan fingerprint density at radius 3 is 2.95 bits per heavy atom. The molecular formula is C13H12FN5. The van der Waals surface area contributed by atoms with E-state index in [4.69, 9.17) is 0 Å². The molecule has 0 fully saturated rings. The molecule has 0 bridgehead atoms. The Hall–Kier alpha value is -2.50. The molecule has 3 rings (SSSR count). The van der Waals surface area contributed by atoms with E-state index in [1.54, 1.807) is 31.7 Å². The van der Waals surface area contributed by atoms with Crippen LogP contribution in [0, 0.1) is 5.82 Å². The third kappa shape index (κ3) is 2.01. The molecule has 0 radical (unpaired) electrons. The summed E-state index contributed by atoms with van der Waals surface area (Å²) in [6.07, 6.45) is 3.30. The summed E-state index contributed by atoms with van der Waals surface area (Å²) in [5.41, 5.74) is 2.17. The fourth-order valence-corrected chi connectivity index (χ4v) is 2.00. The van der Waals surface area contributed by atoms with E-state index in [0.29, 0.717) is 17.9 Å². The van der Waals surface area contributed by atoms with Gasteiger partial charge in [-0.1, -0.05) is 18.2 Å². The average molecular weight is 257 g/mol. The van der Waals surface area contributed by atoms with Crippen LogP contribution >= 0.6 is 0 Å². The van der Waals surface area contributed by atoms with Gasteiger partial charge in [0.2, 0.25) is 0 Å². The van der Waals surface area contributed by atoms with Crippen molar-refractivity contribution in [3.63, 3.8) is 0 Å². The highest BCUT2D eigenvalue weighted by atomic mass is 19.1. The number of fused-ring (bicyclic) bond motifs is 1. The van der Waals surface area contributed by atoms with Gasteiger partial charge in [-0.2, -0.15) is 5.10 Å². The number of imidazole rings is 1. The summed E-state index contributed by atoms with van der Waals surface area (Å²) in [6.45, 7) is 0.415. The fraction of sp³-hybridized carbons (Fsp3) is 0.154. The minimum absolute atomic E-state index is 0.222. The van der Waals surface area contributed by atoms with E-state index in [-0.39, 0.29) is 5.82 Å². The molecule has 2 heterocycles. The maximum Gasteiger partial charge on any atom is 0.176 e. The molecule has 3 aromatic rings. The molecule has 1 N–H and O–H groups in total. The number of hydrogen-bond acceptors (Lipinski definition) is 4. The number of anilines is 1. The molecule has 0 saturated carbocycles. The van der Waals surface area contributed by atoms with Crippen LogP contribution in [0.25, 0.3) is 11.0 Å². The number of nitrogens with one attached hydrogen (secondary N) is 1. The van der Waals surface area contributed by atoms with Gasteiger partial charge < -0.3 is 9.88 Å². The Bertz CT molecular complexity index is 722. The van der Waals surface area contributed by atoms with Gasteiger partial charge in [0.15, 0.2) is 5.82 Å². The third-order valence-corrected chi connectivity index (χ3v) is 2.98. The zero-order chi connectivity index (χ0) is 13.2. The monoisotopic (exact) mass is 257 g/mol. The van der Waals surface area contributed by atoms with Crippen molar-refractivity contribution in [2.24, 2.45) is 0 Å². The molecule has 0 spiro atoms. The molecule has 0 aliphatic heterocycles. The van der Waals surface area contributed by atoms with Gasteiger partial charge in [0.25, 0.3) is 0 Å². The lowest BCUT2D eigenvalue weighted by atomic mass is 10.2. The molecule has 2 aromatic heterocycles. The average Bonchev–Trinajstić information content (AvgIpc) is 2.84. The lowest BCUT2D eigenvalue weighted by Crippen LogP contribution is -2.01. The maximum absolute atomic E-state index is 13.7. The standard InChI is InChI=1S/C13H12FN5/c1-15-13-12-11(6-17-18-13)19(8-16-12)7-9-4-2-3-5-10(9)14/h2-6,8H,7H2,1H3,(H,15,18). The van der Waals surface area contributed by atoms with Crippen molar-refractivity contribution in [3.05, 3.63) is 48.2 Å². The van der Waals surface area contributed by atoms with Gasteiger partial charge in [-0.3, -0.25) is 0 Å². The molecule has 0 atom stereocenters. The highest BCUT2D eigenvalue weighted by molar-refractivity contribution is 5.84. The zero-order valence-electron chi connectivity index (χ0n) is 10.3. The molecular weight excluding hydrogens is 245 g/mol. The van der Waals surface area contributed by atoms with Gasteiger partial charge in [0.05, 0.1) is 24.6 Å². The number of hydrogen-bond donors (Lipinski definition) is 1. The van der Waals surface area contributed by atoms with Crippen molar-refractivity contribution < 1.29 is 4.39 Å². The normalized spacial score (nSPS) is 10.8. The van der Waals surface area contributed by atoms with Crippen LogP contribution in [0.2, 0.25) is 0 Å². The summed E-state index contributed by atoms with van der Waals surface area (Å²) in [5, 5.41) is 10.8. The highest BCUT2D eigenvalue weighted by Gasteiger charge is 2.10. The molecule has 96 valence electrons. The summed E-state index contributed by atoms with van der Waals surface area (Å²) in [6, 6.07) is 6.70. The Morgan fingerprint density at radius 1 is 1.32 bits per heavy atom.